The highest BCUT2D eigenvalue weighted by Gasteiger charge is 2.16. The number of carbonyl (C=O) groups excluding carboxylic acids is 3. The van der Waals surface area contributed by atoms with E-state index in [4.69, 9.17) is 4.42 Å². The lowest BCUT2D eigenvalue weighted by atomic mass is 10.1. The van der Waals surface area contributed by atoms with Crippen molar-refractivity contribution in [2.45, 2.75) is 12.1 Å². The number of thioether (sulfide) groups is 1. The molecule has 1 heterocycles. The second-order valence-electron chi connectivity index (χ2n) is 6.36. The Morgan fingerprint density at radius 2 is 1.58 bits per heavy atom. The summed E-state index contributed by atoms with van der Waals surface area (Å²) in [6.45, 7) is 1.98. The molecule has 3 aromatic rings. The lowest BCUT2D eigenvalue weighted by Gasteiger charge is -2.09. The van der Waals surface area contributed by atoms with Crippen molar-refractivity contribution >= 4 is 35.3 Å². The average molecular weight is 441 g/mol. The predicted octanol–water partition coefficient (Wildman–Crippen LogP) is 3.35. The fourth-order valence-corrected chi connectivity index (χ4v) is 3.14. The number of nitrogens with one attached hydrogen (secondary N) is 1. The van der Waals surface area contributed by atoms with Crippen molar-refractivity contribution in [2.75, 3.05) is 25.3 Å². The fourth-order valence-electron chi connectivity index (χ4n) is 2.58. The molecule has 160 valence electrons. The quantitative estimate of drug-likeness (QED) is 0.434. The van der Waals surface area contributed by atoms with E-state index < -0.39 is 17.8 Å². The van der Waals surface area contributed by atoms with Gasteiger partial charge in [-0.1, -0.05) is 29.5 Å². The van der Waals surface area contributed by atoms with Crippen molar-refractivity contribution in [3.63, 3.8) is 0 Å². The van der Waals surface area contributed by atoms with Crippen molar-refractivity contribution in [1.29, 1.82) is 0 Å². The van der Waals surface area contributed by atoms with Crippen molar-refractivity contribution in [1.82, 2.24) is 10.2 Å². The molecule has 0 saturated carbocycles. The fraction of sp³-hybridized carbons (Fsp3) is 0.190. The molecule has 10 heteroatoms. The van der Waals surface area contributed by atoms with E-state index in [1.54, 1.807) is 0 Å². The summed E-state index contributed by atoms with van der Waals surface area (Å²) in [5, 5.41) is 10.8. The van der Waals surface area contributed by atoms with Crippen LogP contribution in [-0.4, -0.2) is 48.0 Å². The maximum atomic E-state index is 12.3. The molecule has 0 radical (unpaired) electrons. The van der Waals surface area contributed by atoms with Gasteiger partial charge in [-0.15, -0.1) is 10.2 Å². The van der Waals surface area contributed by atoms with Gasteiger partial charge in [0.2, 0.25) is 11.8 Å². The van der Waals surface area contributed by atoms with Crippen LogP contribution in [0.15, 0.2) is 52.1 Å². The Bertz CT molecular complexity index is 1080. The molecule has 0 aliphatic carbocycles. The number of hydrogen-bond acceptors (Lipinski definition) is 9. The third-order valence-electron chi connectivity index (χ3n) is 4.09. The Labute approximate surface area is 182 Å². The van der Waals surface area contributed by atoms with E-state index in [1.165, 1.54) is 32.4 Å². The zero-order valence-electron chi connectivity index (χ0n) is 17.0. The number of nitrogens with zero attached hydrogens (tertiary/aromatic N) is 2. The largest absolute Gasteiger partial charge is 0.465 e. The highest BCUT2D eigenvalue weighted by molar-refractivity contribution is 7.99. The number of aryl methyl sites for hydroxylation is 1. The Morgan fingerprint density at radius 1 is 0.968 bits per heavy atom. The number of hydrogen-bond donors (Lipinski definition) is 1. The SMILES string of the molecule is COC(=O)c1cc(NC(=O)CSc2nnc(-c3ccc(C)cc3)o2)cc(C(=O)OC)c1. The molecule has 0 fully saturated rings. The number of aromatic nitrogens is 2. The highest BCUT2D eigenvalue weighted by atomic mass is 32.2. The van der Waals surface area contributed by atoms with Crippen molar-refractivity contribution in [3.8, 4) is 11.5 Å². The molecular weight excluding hydrogens is 422 g/mol. The summed E-state index contributed by atoms with van der Waals surface area (Å²) in [6, 6.07) is 11.8. The van der Waals surface area contributed by atoms with Crippen LogP contribution in [0.4, 0.5) is 5.69 Å². The summed E-state index contributed by atoms with van der Waals surface area (Å²) in [6.07, 6.45) is 0. The molecule has 0 aliphatic heterocycles. The molecular formula is C21H19N3O6S. The molecule has 0 aliphatic rings. The number of amides is 1. The number of ether oxygens (including phenoxy) is 2. The van der Waals surface area contributed by atoms with E-state index in [0.29, 0.717) is 5.89 Å². The molecule has 1 amide bonds. The molecule has 0 bridgehead atoms. The van der Waals surface area contributed by atoms with Crippen molar-refractivity contribution < 1.29 is 28.3 Å². The van der Waals surface area contributed by atoms with Crippen LogP contribution in [0, 0.1) is 6.92 Å². The van der Waals surface area contributed by atoms with Gasteiger partial charge in [-0.05, 0) is 37.3 Å². The summed E-state index contributed by atoms with van der Waals surface area (Å²) in [5.74, 6) is -1.35. The topological polar surface area (TPSA) is 121 Å². The Balaban J connectivity index is 1.66. The van der Waals surface area contributed by atoms with Gasteiger partial charge in [-0.2, -0.15) is 0 Å². The van der Waals surface area contributed by atoms with Crippen LogP contribution in [0.3, 0.4) is 0 Å². The maximum absolute atomic E-state index is 12.3. The number of rotatable bonds is 7. The number of esters is 2. The Kier molecular flexibility index (Phi) is 7.03. The van der Waals surface area contributed by atoms with E-state index in [9.17, 15) is 14.4 Å². The molecule has 31 heavy (non-hydrogen) atoms. The second-order valence-corrected chi connectivity index (χ2v) is 7.28. The van der Waals surface area contributed by atoms with Gasteiger partial charge in [0.25, 0.3) is 5.22 Å². The summed E-state index contributed by atoms with van der Waals surface area (Å²) in [7, 11) is 2.44. The first-order chi connectivity index (χ1) is 14.9. The van der Waals surface area contributed by atoms with Gasteiger partial charge >= 0.3 is 11.9 Å². The maximum Gasteiger partial charge on any atom is 0.337 e. The van der Waals surface area contributed by atoms with Gasteiger partial charge in [0.15, 0.2) is 0 Å². The van der Waals surface area contributed by atoms with Crippen LogP contribution < -0.4 is 5.32 Å². The molecule has 0 atom stereocenters. The standard InChI is InChI=1S/C21H19N3O6S/c1-12-4-6-13(7-5-12)18-23-24-21(30-18)31-11-17(25)22-16-9-14(19(26)28-2)8-15(10-16)20(27)29-3/h4-10H,11H2,1-3H3,(H,22,25). The molecule has 1 aromatic heterocycles. The minimum Gasteiger partial charge on any atom is -0.465 e. The first-order valence-electron chi connectivity index (χ1n) is 9.04. The zero-order chi connectivity index (χ0) is 22.4. The van der Waals surface area contributed by atoms with Gasteiger partial charge < -0.3 is 19.2 Å². The molecule has 3 rings (SSSR count). The van der Waals surface area contributed by atoms with Crippen LogP contribution in [0.2, 0.25) is 0 Å². The summed E-state index contributed by atoms with van der Waals surface area (Å²) in [5.41, 5.74) is 2.35. The molecule has 0 saturated heterocycles. The van der Waals surface area contributed by atoms with Gasteiger partial charge in [-0.25, -0.2) is 9.59 Å². The number of carbonyl (C=O) groups is 3. The predicted molar refractivity (Wildman–Crippen MR) is 113 cm³/mol. The highest BCUT2D eigenvalue weighted by Crippen LogP contribution is 2.24. The Hall–Kier alpha value is -3.66. The first-order valence-corrected chi connectivity index (χ1v) is 10.0. The molecule has 0 unspecified atom stereocenters. The molecule has 0 spiro atoms. The minimum atomic E-state index is -0.648. The van der Waals surface area contributed by atoms with E-state index in [2.05, 4.69) is 25.0 Å². The van der Waals surface area contributed by atoms with Gasteiger partial charge in [0.05, 0.1) is 31.1 Å². The minimum absolute atomic E-state index is 0.0223. The van der Waals surface area contributed by atoms with E-state index in [0.717, 1.165) is 22.9 Å². The summed E-state index contributed by atoms with van der Waals surface area (Å²) < 4.78 is 14.9. The lowest BCUT2D eigenvalue weighted by Crippen LogP contribution is -2.16. The number of benzene rings is 2. The van der Waals surface area contributed by atoms with E-state index in [-0.39, 0.29) is 27.8 Å². The molecule has 1 N–H and O–H groups in total. The van der Waals surface area contributed by atoms with Gasteiger partial charge in [0.1, 0.15) is 0 Å². The van der Waals surface area contributed by atoms with Crippen LogP contribution in [0.25, 0.3) is 11.5 Å². The zero-order valence-corrected chi connectivity index (χ0v) is 17.8. The normalized spacial score (nSPS) is 10.4. The van der Waals surface area contributed by atoms with E-state index >= 15 is 0 Å². The molecule has 9 nitrogen and oxygen atoms in total. The third kappa shape index (κ3) is 5.70. The van der Waals surface area contributed by atoms with Crippen molar-refractivity contribution in [2.24, 2.45) is 0 Å². The lowest BCUT2D eigenvalue weighted by molar-refractivity contribution is -0.113. The third-order valence-corrected chi connectivity index (χ3v) is 4.91. The van der Waals surface area contributed by atoms with Crippen molar-refractivity contribution in [3.05, 3.63) is 59.2 Å². The smallest absolute Gasteiger partial charge is 0.337 e. The summed E-state index contributed by atoms with van der Waals surface area (Å²) in [4.78, 5) is 36.0. The average Bonchev–Trinajstić information content (AvgIpc) is 3.26. The van der Waals surface area contributed by atoms with Crippen LogP contribution >= 0.6 is 11.8 Å². The van der Waals surface area contributed by atoms with Crippen LogP contribution in [0.5, 0.6) is 0 Å². The van der Waals surface area contributed by atoms with Crippen LogP contribution in [-0.2, 0) is 14.3 Å². The molecule has 2 aromatic carbocycles. The van der Waals surface area contributed by atoms with Crippen LogP contribution in [0.1, 0.15) is 26.3 Å². The van der Waals surface area contributed by atoms with Gasteiger partial charge in [-0.3, -0.25) is 4.79 Å². The first kappa shape index (κ1) is 22.0. The van der Waals surface area contributed by atoms with Gasteiger partial charge in [0, 0.05) is 11.3 Å². The van der Waals surface area contributed by atoms with E-state index in [1.807, 2.05) is 31.2 Å². The monoisotopic (exact) mass is 441 g/mol. The number of anilines is 1. The number of methoxy groups -OCH3 is 2. The Morgan fingerprint density at radius 3 is 2.16 bits per heavy atom. The summed E-state index contributed by atoms with van der Waals surface area (Å²) >= 11 is 1.06. The second kappa shape index (κ2) is 9.90.